The summed E-state index contributed by atoms with van der Waals surface area (Å²) in [5, 5.41) is 8.41. The van der Waals surface area contributed by atoms with E-state index in [0.717, 1.165) is 30.5 Å². The summed E-state index contributed by atoms with van der Waals surface area (Å²) in [6.45, 7) is 2.59. The molecule has 0 spiro atoms. The number of likely N-dealkylation sites (tertiary alicyclic amines) is 1. The quantitative estimate of drug-likeness (QED) is 0.684. The molecule has 0 aromatic heterocycles. The molecule has 1 atom stereocenters. The first-order valence-corrected chi connectivity index (χ1v) is 10.3. The molecule has 2 aromatic rings. The van der Waals surface area contributed by atoms with Crippen LogP contribution in [0, 0.1) is 0 Å². The summed E-state index contributed by atoms with van der Waals surface area (Å²) < 4.78 is 0. The summed E-state index contributed by atoms with van der Waals surface area (Å²) in [7, 11) is 0. The van der Waals surface area contributed by atoms with Gasteiger partial charge in [0.05, 0.1) is 6.42 Å². The van der Waals surface area contributed by atoms with E-state index >= 15 is 0 Å². The van der Waals surface area contributed by atoms with Crippen molar-refractivity contribution < 1.29 is 14.4 Å². The number of nitrogens with one attached hydrogen (secondary N) is 3. The van der Waals surface area contributed by atoms with Crippen molar-refractivity contribution in [2.24, 2.45) is 0 Å². The van der Waals surface area contributed by atoms with Crippen molar-refractivity contribution in [1.29, 1.82) is 0 Å². The maximum Gasteiger partial charge on any atom is 0.319 e. The molecule has 1 saturated heterocycles. The molecular weight excluding hydrogens is 380 g/mol. The summed E-state index contributed by atoms with van der Waals surface area (Å²) >= 11 is 0. The number of amides is 4. The molecular formula is C23H28N4O3. The number of para-hydroxylation sites is 1. The lowest BCUT2D eigenvalue weighted by Crippen LogP contribution is -2.50. The highest BCUT2D eigenvalue weighted by atomic mass is 16.2. The van der Waals surface area contributed by atoms with Crippen molar-refractivity contribution in [1.82, 2.24) is 10.2 Å². The van der Waals surface area contributed by atoms with Crippen LogP contribution in [-0.4, -0.2) is 41.9 Å². The van der Waals surface area contributed by atoms with E-state index in [1.54, 1.807) is 12.1 Å². The number of piperidine rings is 1. The summed E-state index contributed by atoms with van der Waals surface area (Å²) in [4.78, 5) is 38.1. The third kappa shape index (κ3) is 6.34. The van der Waals surface area contributed by atoms with Gasteiger partial charge in [0.25, 0.3) is 0 Å². The SMILES string of the molecule is CC(=O)Nc1ccc(CC(=O)N2CCCCC2CNC(=O)Nc2ccccc2)cc1. The highest BCUT2D eigenvalue weighted by Crippen LogP contribution is 2.19. The molecule has 1 aliphatic rings. The number of urea groups is 1. The molecule has 30 heavy (non-hydrogen) atoms. The number of hydrogen-bond acceptors (Lipinski definition) is 3. The molecule has 158 valence electrons. The van der Waals surface area contributed by atoms with E-state index in [1.165, 1.54) is 6.92 Å². The maximum atomic E-state index is 12.9. The Balaban J connectivity index is 1.53. The van der Waals surface area contributed by atoms with Gasteiger partial charge in [-0.15, -0.1) is 0 Å². The minimum atomic E-state index is -0.271. The van der Waals surface area contributed by atoms with Crippen LogP contribution >= 0.6 is 0 Å². The Kier molecular flexibility index (Phi) is 7.43. The second kappa shape index (κ2) is 10.4. The van der Waals surface area contributed by atoms with Crippen molar-refractivity contribution in [3.8, 4) is 0 Å². The number of carbonyl (C=O) groups excluding carboxylic acids is 3. The van der Waals surface area contributed by atoms with Crippen LogP contribution in [0.1, 0.15) is 31.7 Å². The predicted molar refractivity (Wildman–Crippen MR) is 117 cm³/mol. The molecule has 0 aliphatic carbocycles. The largest absolute Gasteiger partial charge is 0.338 e. The zero-order valence-corrected chi connectivity index (χ0v) is 17.2. The average Bonchev–Trinajstić information content (AvgIpc) is 2.74. The number of rotatable bonds is 6. The van der Waals surface area contributed by atoms with E-state index in [2.05, 4.69) is 16.0 Å². The van der Waals surface area contributed by atoms with Crippen LogP contribution in [0.3, 0.4) is 0 Å². The van der Waals surface area contributed by atoms with Crippen LogP contribution in [0.15, 0.2) is 54.6 Å². The highest BCUT2D eigenvalue weighted by Gasteiger charge is 2.27. The van der Waals surface area contributed by atoms with Crippen LogP contribution in [0.25, 0.3) is 0 Å². The van der Waals surface area contributed by atoms with Crippen LogP contribution in [0.5, 0.6) is 0 Å². The molecule has 1 unspecified atom stereocenters. The molecule has 1 aliphatic heterocycles. The fourth-order valence-electron chi connectivity index (χ4n) is 3.63. The Morgan fingerprint density at radius 2 is 1.63 bits per heavy atom. The van der Waals surface area contributed by atoms with E-state index in [1.807, 2.05) is 47.4 Å². The van der Waals surface area contributed by atoms with E-state index in [4.69, 9.17) is 0 Å². The molecule has 7 nitrogen and oxygen atoms in total. The monoisotopic (exact) mass is 408 g/mol. The molecule has 2 aromatic carbocycles. The Bertz CT molecular complexity index is 868. The topological polar surface area (TPSA) is 90.5 Å². The Morgan fingerprint density at radius 3 is 2.33 bits per heavy atom. The smallest absolute Gasteiger partial charge is 0.319 e. The van der Waals surface area contributed by atoms with Gasteiger partial charge in [-0.25, -0.2) is 4.79 Å². The van der Waals surface area contributed by atoms with E-state index in [-0.39, 0.29) is 23.9 Å². The summed E-state index contributed by atoms with van der Waals surface area (Å²) in [5.41, 5.74) is 2.34. The van der Waals surface area contributed by atoms with E-state index < -0.39 is 0 Å². The molecule has 0 radical (unpaired) electrons. The summed E-state index contributed by atoms with van der Waals surface area (Å²) in [6, 6.07) is 16.3. The average molecular weight is 409 g/mol. The molecule has 1 fully saturated rings. The van der Waals surface area contributed by atoms with Gasteiger partial charge in [0.1, 0.15) is 0 Å². The number of anilines is 2. The van der Waals surface area contributed by atoms with Crippen LogP contribution < -0.4 is 16.0 Å². The predicted octanol–water partition coefficient (Wildman–Crippen LogP) is 3.39. The second-order valence-corrected chi connectivity index (χ2v) is 7.49. The Labute approximate surface area is 176 Å². The Hall–Kier alpha value is -3.35. The standard InChI is InChI=1S/C23H28N4O3/c1-17(28)25-20-12-10-18(11-13-20)15-22(29)27-14-6-5-9-21(27)16-24-23(30)26-19-7-3-2-4-8-19/h2-4,7-8,10-13,21H,5-6,9,14-16H2,1H3,(H,25,28)(H2,24,26,30). The molecule has 7 heteroatoms. The minimum absolute atomic E-state index is 0.00794. The molecule has 3 rings (SSSR count). The summed E-state index contributed by atoms with van der Waals surface area (Å²) in [5.74, 6) is -0.0731. The van der Waals surface area contributed by atoms with Gasteiger partial charge in [0, 0.05) is 37.4 Å². The van der Waals surface area contributed by atoms with Gasteiger partial charge < -0.3 is 20.9 Å². The summed E-state index contributed by atoms with van der Waals surface area (Å²) in [6.07, 6.45) is 3.19. The first kappa shape index (κ1) is 21.4. The number of benzene rings is 2. The van der Waals surface area contributed by atoms with Gasteiger partial charge in [0.15, 0.2) is 0 Å². The van der Waals surface area contributed by atoms with Crippen molar-refractivity contribution in [2.75, 3.05) is 23.7 Å². The van der Waals surface area contributed by atoms with Gasteiger partial charge in [-0.1, -0.05) is 30.3 Å². The van der Waals surface area contributed by atoms with Crippen molar-refractivity contribution >= 4 is 29.2 Å². The number of nitrogens with zero attached hydrogens (tertiary/aromatic N) is 1. The molecule has 1 heterocycles. The lowest BCUT2D eigenvalue weighted by atomic mass is 10.0. The normalized spacial score (nSPS) is 15.9. The Morgan fingerprint density at radius 1 is 0.933 bits per heavy atom. The highest BCUT2D eigenvalue weighted by molar-refractivity contribution is 5.89. The third-order valence-electron chi connectivity index (χ3n) is 5.11. The minimum Gasteiger partial charge on any atom is -0.338 e. The van der Waals surface area contributed by atoms with Gasteiger partial charge in [-0.3, -0.25) is 9.59 Å². The van der Waals surface area contributed by atoms with Gasteiger partial charge in [0.2, 0.25) is 11.8 Å². The fourth-order valence-corrected chi connectivity index (χ4v) is 3.63. The third-order valence-corrected chi connectivity index (χ3v) is 5.11. The molecule has 0 saturated carbocycles. The lowest BCUT2D eigenvalue weighted by Gasteiger charge is -2.36. The molecule has 3 N–H and O–H groups in total. The maximum absolute atomic E-state index is 12.9. The van der Waals surface area contributed by atoms with Crippen molar-refractivity contribution in [2.45, 2.75) is 38.6 Å². The molecule has 0 bridgehead atoms. The van der Waals surface area contributed by atoms with E-state index in [0.29, 0.717) is 25.2 Å². The van der Waals surface area contributed by atoms with Crippen molar-refractivity contribution in [3.63, 3.8) is 0 Å². The fraction of sp³-hybridized carbons (Fsp3) is 0.348. The second-order valence-electron chi connectivity index (χ2n) is 7.49. The zero-order valence-electron chi connectivity index (χ0n) is 17.2. The first-order valence-electron chi connectivity index (χ1n) is 10.3. The van der Waals surface area contributed by atoms with Gasteiger partial charge in [-0.2, -0.15) is 0 Å². The van der Waals surface area contributed by atoms with Crippen LogP contribution in [-0.2, 0) is 16.0 Å². The van der Waals surface area contributed by atoms with Crippen molar-refractivity contribution in [3.05, 3.63) is 60.2 Å². The first-order chi connectivity index (χ1) is 14.5. The zero-order chi connectivity index (χ0) is 21.3. The van der Waals surface area contributed by atoms with Crippen LogP contribution in [0.4, 0.5) is 16.2 Å². The van der Waals surface area contributed by atoms with Gasteiger partial charge >= 0.3 is 6.03 Å². The van der Waals surface area contributed by atoms with Crippen LogP contribution in [0.2, 0.25) is 0 Å². The van der Waals surface area contributed by atoms with Gasteiger partial charge in [-0.05, 0) is 49.1 Å². The molecule has 4 amide bonds. The lowest BCUT2D eigenvalue weighted by molar-refractivity contribution is -0.134. The number of hydrogen-bond donors (Lipinski definition) is 3. The van der Waals surface area contributed by atoms with E-state index in [9.17, 15) is 14.4 Å². The number of carbonyl (C=O) groups is 3.